The second-order valence-corrected chi connectivity index (χ2v) is 7.15. The van der Waals surface area contributed by atoms with Crippen LogP contribution in [-0.4, -0.2) is 42.6 Å². The van der Waals surface area contributed by atoms with E-state index in [1.54, 1.807) is 18.0 Å². The molecule has 3 rings (SSSR count). The highest BCUT2D eigenvalue weighted by atomic mass is 127. The summed E-state index contributed by atoms with van der Waals surface area (Å²) in [5.41, 5.74) is 1.99. The monoisotopic (exact) mass is 516 g/mol. The van der Waals surface area contributed by atoms with E-state index in [0.717, 1.165) is 66.4 Å². The summed E-state index contributed by atoms with van der Waals surface area (Å²) in [5.74, 6) is 2.52. The number of nitrogens with zero attached hydrogens (tertiary/aromatic N) is 1. The van der Waals surface area contributed by atoms with E-state index in [1.165, 1.54) is 12.1 Å². The third kappa shape index (κ3) is 6.73. The van der Waals surface area contributed by atoms with Gasteiger partial charge in [0.05, 0.1) is 12.8 Å². The fraction of sp³-hybridized carbons (Fsp3) is 0.350. The van der Waals surface area contributed by atoms with Crippen molar-refractivity contribution in [2.24, 2.45) is 4.99 Å². The van der Waals surface area contributed by atoms with E-state index >= 15 is 0 Å². The van der Waals surface area contributed by atoms with Gasteiger partial charge in [0, 0.05) is 42.4 Å². The molecule has 1 aromatic carbocycles. The summed E-state index contributed by atoms with van der Waals surface area (Å²) in [6.07, 6.45) is 7.35. The van der Waals surface area contributed by atoms with Crippen LogP contribution in [0.15, 0.2) is 52.2 Å². The zero-order chi connectivity index (χ0) is 18.9. The van der Waals surface area contributed by atoms with E-state index in [4.69, 9.17) is 4.42 Å². The van der Waals surface area contributed by atoms with Crippen LogP contribution in [0.5, 0.6) is 0 Å². The van der Waals surface area contributed by atoms with E-state index in [2.05, 4.69) is 26.9 Å². The van der Waals surface area contributed by atoms with Crippen LogP contribution in [0.1, 0.15) is 11.3 Å². The Morgan fingerprint density at radius 2 is 2.04 bits per heavy atom. The number of nitrogens with one attached hydrogen (secondary N) is 3. The molecule has 8 heteroatoms. The van der Waals surface area contributed by atoms with Gasteiger partial charge < -0.3 is 20.0 Å². The van der Waals surface area contributed by atoms with E-state index < -0.39 is 0 Å². The summed E-state index contributed by atoms with van der Waals surface area (Å²) in [5, 5.41) is 7.80. The quantitative estimate of drug-likeness (QED) is 0.173. The summed E-state index contributed by atoms with van der Waals surface area (Å²) >= 11 is 1.78. The molecule has 3 aromatic rings. The first-order chi connectivity index (χ1) is 13.3. The minimum atomic E-state index is -0.224. The molecule has 0 fully saturated rings. The number of aliphatic imine (C=N–C) groups is 1. The number of benzene rings is 1. The van der Waals surface area contributed by atoms with Crippen LogP contribution >= 0.6 is 35.7 Å². The lowest BCUT2D eigenvalue weighted by molar-refractivity contribution is 0.507. The summed E-state index contributed by atoms with van der Waals surface area (Å²) in [6, 6.07) is 8.72. The smallest absolute Gasteiger partial charge is 0.191 e. The Morgan fingerprint density at radius 1 is 1.21 bits per heavy atom. The topological polar surface area (TPSA) is 65.3 Å². The molecule has 2 aromatic heterocycles. The second-order valence-electron chi connectivity index (χ2n) is 6.16. The van der Waals surface area contributed by atoms with E-state index in [0.29, 0.717) is 0 Å². The molecule has 0 spiro atoms. The number of aromatic amines is 1. The molecule has 0 bridgehead atoms. The van der Waals surface area contributed by atoms with Crippen molar-refractivity contribution in [1.82, 2.24) is 15.6 Å². The molecule has 0 aliphatic heterocycles. The number of hydrogen-bond donors (Lipinski definition) is 3. The standard InChI is InChI=1S/C20H25FN4OS.HI/c1-27-12-10-24-20(23-9-7-17-3-2-11-26-17)22-8-6-15-14-25-19-13-16(21)4-5-18(15)19;/h2-5,11,13-14,25H,6-10,12H2,1H3,(H2,22,23,24);1H. The fourth-order valence-corrected chi connectivity index (χ4v) is 3.14. The van der Waals surface area contributed by atoms with E-state index in [-0.39, 0.29) is 29.8 Å². The van der Waals surface area contributed by atoms with Gasteiger partial charge in [0.2, 0.25) is 0 Å². The number of guanidine groups is 1. The van der Waals surface area contributed by atoms with E-state index in [1.807, 2.05) is 24.4 Å². The molecule has 0 aliphatic carbocycles. The molecule has 2 heterocycles. The molecule has 0 aliphatic rings. The maximum absolute atomic E-state index is 13.3. The third-order valence-corrected chi connectivity index (χ3v) is 4.82. The summed E-state index contributed by atoms with van der Waals surface area (Å²) in [4.78, 5) is 7.74. The molecule has 0 amide bonds. The Bertz CT molecular complexity index is 866. The van der Waals surface area contributed by atoms with Crippen molar-refractivity contribution >= 4 is 52.6 Å². The highest BCUT2D eigenvalue weighted by Crippen LogP contribution is 2.19. The van der Waals surface area contributed by atoms with Gasteiger partial charge in [0.1, 0.15) is 11.6 Å². The number of furan rings is 1. The van der Waals surface area contributed by atoms with Crippen LogP contribution in [0.4, 0.5) is 4.39 Å². The predicted octanol–water partition coefficient (Wildman–Crippen LogP) is 4.20. The average Bonchev–Trinajstić information content (AvgIpc) is 3.31. The highest BCUT2D eigenvalue weighted by Gasteiger charge is 2.06. The van der Waals surface area contributed by atoms with Crippen molar-refractivity contribution in [2.45, 2.75) is 12.8 Å². The van der Waals surface area contributed by atoms with Gasteiger partial charge in [0.15, 0.2) is 5.96 Å². The van der Waals surface area contributed by atoms with Crippen molar-refractivity contribution in [3.63, 3.8) is 0 Å². The fourth-order valence-electron chi connectivity index (χ4n) is 2.86. The molecule has 0 radical (unpaired) electrons. The van der Waals surface area contributed by atoms with Gasteiger partial charge in [-0.3, -0.25) is 4.99 Å². The lowest BCUT2D eigenvalue weighted by atomic mass is 10.1. The van der Waals surface area contributed by atoms with Gasteiger partial charge in [-0.25, -0.2) is 4.39 Å². The Labute approximate surface area is 186 Å². The first-order valence-electron chi connectivity index (χ1n) is 9.05. The number of thioether (sulfide) groups is 1. The molecule has 5 nitrogen and oxygen atoms in total. The zero-order valence-corrected chi connectivity index (χ0v) is 19.0. The Hall–Kier alpha value is -1.68. The molecule has 28 heavy (non-hydrogen) atoms. The molecule has 0 saturated carbocycles. The molecular formula is C20H26FIN4OS. The lowest BCUT2D eigenvalue weighted by Gasteiger charge is -2.12. The minimum Gasteiger partial charge on any atom is -0.469 e. The Kier molecular flexibility index (Phi) is 9.69. The SMILES string of the molecule is CSCCN=C(NCCc1ccco1)NCCc1c[nH]c2cc(F)ccc12.I. The number of rotatable bonds is 9. The van der Waals surface area contributed by atoms with Crippen molar-refractivity contribution in [1.29, 1.82) is 0 Å². The number of H-pyrrole nitrogens is 1. The first-order valence-corrected chi connectivity index (χ1v) is 10.4. The van der Waals surface area contributed by atoms with E-state index in [9.17, 15) is 4.39 Å². The Balaban J connectivity index is 0.00000280. The Morgan fingerprint density at radius 3 is 2.79 bits per heavy atom. The van der Waals surface area contributed by atoms with Gasteiger partial charge in [-0.05, 0) is 48.6 Å². The van der Waals surface area contributed by atoms with Crippen LogP contribution in [0.25, 0.3) is 10.9 Å². The summed E-state index contributed by atoms with van der Waals surface area (Å²) < 4.78 is 18.7. The number of halogens is 2. The molecule has 0 saturated heterocycles. The third-order valence-electron chi connectivity index (χ3n) is 4.23. The van der Waals surface area contributed by atoms with Crippen molar-refractivity contribution < 1.29 is 8.81 Å². The summed E-state index contributed by atoms with van der Waals surface area (Å²) in [6.45, 7) is 2.27. The number of hydrogen-bond acceptors (Lipinski definition) is 3. The van der Waals surface area contributed by atoms with Crippen molar-refractivity contribution in [2.75, 3.05) is 31.6 Å². The molecule has 0 atom stereocenters. The molecular weight excluding hydrogens is 490 g/mol. The normalized spacial score (nSPS) is 11.4. The molecule has 0 unspecified atom stereocenters. The van der Waals surface area contributed by atoms with Crippen LogP contribution in [0.3, 0.4) is 0 Å². The second kappa shape index (κ2) is 12.0. The van der Waals surface area contributed by atoms with Gasteiger partial charge in [0.25, 0.3) is 0 Å². The maximum atomic E-state index is 13.3. The maximum Gasteiger partial charge on any atom is 0.191 e. The molecule has 152 valence electrons. The van der Waals surface area contributed by atoms with Crippen molar-refractivity contribution in [3.05, 3.63) is 59.9 Å². The van der Waals surface area contributed by atoms with Crippen molar-refractivity contribution in [3.8, 4) is 0 Å². The largest absolute Gasteiger partial charge is 0.469 e. The van der Waals surface area contributed by atoms with Crippen LogP contribution < -0.4 is 10.6 Å². The van der Waals surface area contributed by atoms with Crippen LogP contribution in [0, 0.1) is 5.82 Å². The average molecular weight is 516 g/mol. The van der Waals surface area contributed by atoms with Crippen LogP contribution in [0.2, 0.25) is 0 Å². The minimum absolute atomic E-state index is 0. The lowest BCUT2D eigenvalue weighted by Crippen LogP contribution is -2.39. The van der Waals surface area contributed by atoms with Gasteiger partial charge in [-0.1, -0.05) is 0 Å². The van der Waals surface area contributed by atoms with Gasteiger partial charge in [-0.15, -0.1) is 24.0 Å². The number of aromatic nitrogens is 1. The predicted molar refractivity (Wildman–Crippen MR) is 126 cm³/mol. The number of fused-ring (bicyclic) bond motifs is 1. The van der Waals surface area contributed by atoms with Gasteiger partial charge in [-0.2, -0.15) is 11.8 Å². The molecule has 3 N–H and O–H groups in total. The summed E-state index contributed by atoms with van der Waals surface area (Å²) in [7, 11) is 0. The highest BCUT2D eigenvalue weighted by molar-refractivity contribution is 14.0. The first kappa shape index (κ1) is 22.6. The van der Waals surface area contributed by atoms with Crippen LogP contribution in [-0.2, 0) is 12.8 Å². The van der Waals surface area contributed by atoms with Gasteiger partial charge >= 0.3 is 0 Å². The zero-order valence-electron chi connectivity index (χ0n) is 15.8.